The molecule has 0 amide bonds. The van der Waals surface area contributed by atoms with Crippen LogP contribution < -0.4 is 10.6 Å². The molecule has 0 bridgehead atoms. The first-order valence-electron chi connectivity index (χ1n) is 5.44. The van der Waals surface area contributed by atoms with Crippen LogP contribution >= 0.6 is 0 Å². The molecule has 0 aromatic carbocycles. The summed E-state index contributed by atoms with van der Waals surface area (Å²) >= 11 is 0. The van der Waals surface area contributed by atoms with E-state index in [4.69, 9.17) is 4.74 Å². The van der Waals surface area contributed by atoms with E-state index in [1.165, 1.54) is 25.8 Å². The molecule has 0 aromatic rings. The average molecular weight is 184 g/mol. The van der Waals surface area contributed by atoms with Gasteiger partial charge in [0, 0.05) is 25.2 Å². The smallest absolute Gasteiger partial charge is 0.0700 e. The molecule has 0 spiro atoms. The van der Waals surface area contributed by atoms with E-state index in [1.807, 2.05) is 0 Å². The van der Waals surface area contributed by atoms with Crippen LogP contribution in [0.3, 0.4) is 0 Å². The average Bonchev–Trinajstić information content (AvgIpc) is 2.72. The molecule has 3 nitrogen and oxygen atoms in total. The lowest BCUT2D eigenvalue weighted by atomic mass is 10.1. The fraction of sp³-hybridized carbons (Fsp3) is 1.00. The molecule has 76 valence electrons. The van der Waals surface area contributed by atoms with Crippen LogP contribution in [0, 0.1) is 0 Å². The number of rotatable bonds is 3. The molecule has 2 rings (SSSR count). The Morgan fingerprint density at radius 1 is 1.46 bits per heavy atom. The Kier molecular flexibility index (Phi) is 3.19. The quantitative estimate of drug-likeness (QED) is 0.670. The van der Waals surface area contributed by atoms with Crippen molar-refractivity contribution in [3.63, 3.8) is 0 Å². The maximum Gasteiger partial charge on any atom is 0.0700 e. The monoisotopic (exact) mass is 184 g/mol. The van der Waals surface area contributed by atoms with Crippen molar-refractivity contribution in [1.29, 1.82) is 0 Å². The van der Waals surface area contributed by atoms with Crippen molar-refractivity contribution in [2.24, 2.45) is 0 Å². The highest BCUT2D eigenvalue weighted by Gasteiger charge is 2.24. The Balaban J connectivity index is 1.66. The van der Waals surface area contributed by atoms with Crippen molar-refractivity contribution in [3.05, 3.63) is 0 Å². The number of ether oxygens (including phenoxy) is 1. The minimum absolute atomic E-state index is 0.404. The van der Waals surface area contributed by atoms with Crippen LogP contribution in [-0.2, 0) is 4.74 Å². The molecule has 0 radical (unpaired) electrons. The lowest BCUT2D eigenvalue weighted by Gasteiger charge is -2.18. The molecular weight excluding hydrogens is 164 g/mol. The lowest BCUT2D eigenvalue weighted by molar-refractivity contribution is 0.113. The van der Waals surface area contributed by atoms with Gasteiger partial charge < -0.3 is 15.4 Å². The normalized spacial score (nSPS) is 39.9. The maximum absolute atomic E-state index is 5.50. The SMILES string of the molecule is CC1OCCC1NCC1CCCN1. The fourth-order valence-electron chi connectivity index (χ4n) is 2.22. The van der Waals surface area contributed by atoms with Crippen LogP contribution in [-0.4, -0.2) is 37.9 Å². The number of hydrogen-bond donors (Lipinski definition) is 2. The van der Waals surface area contributed by atoms with E-state index in [0.717, 1.165) is 13.2 Å². The largest absolute Gasteiger partial charge is 0.377 e. The van der Waals surface area contributed by atoms with E-state index >= 15 is 0 Å². The molecule has 2 N–H and O–H groups in total. The van der Waals surface area contributed by atoms with E-state index in [0.29, 0.717) is 18.2 Å². The van der Waals surface area contributed by atoms with E-state index in [2.05, 4.69) is 17.6 Å². The third-order valence-corrected chi connectivity index (χ3v) is 3.17. The van der Waals surface area contributed by atoms with E-state index in [1.54, 1.807) is 0 Å². The van der Waals surface area contributed by atoms with Gasteiger partial charge in [0.1, 0.15) is 0 Å². The zero-order valence-electron chi connectivity index (χ0n) is 8.38. The third-order valence-electron chi connectivity index (χ3n) is 3.17. The zero-order valence-corrected chi connectivity index (χ0v) is 8.38. The van der Waals surface area contributed by atoms with Crippen molar-refractivity contribution in [3.8, 4) is 0 Å². The second kappa shape index (κ2) is 4.40. The molecule has 3 unspecified atom stereocenters. The third kappa shape index (κ3) is 2.42. The van der Waals surface area contributed by atoms with Gasteiger partial charge in [0.15, 0.2) is 0 Å². The Morgan fingerprint density at radius 3 is 3.00 bits per heavy atom. The summed E-state index contributed by atoms with van der Waals surface area (Å²) in [4.78, 5) is 0. The van der Waals surface area contributed by atoms with E-state index in [-0.39, 0.29) is 0 Å². The summed E-state index contributed by atoms with van der Waals surface area (Å²) in [6.45, 7) is 5.39. The van der Waals surface area contributed by atoms with Gasteiger partial charge in [-0.05, 0) is 32.7 Å². The Hall–Kier alpha value is -0.120. The summed E-state index contributed by atoms with van der Waals surface area (Å²) in [5.41, 5.74) is 0. The van der Waals surface area contributed by atoms with Crippen LogP contribution in [0.4, 0.5) is 0 Å². The fourth-order valence-corrected chi connectivity index (χ4v) is 2.22. The van der Waals surface area contributed by atoms with Gasteiger partial charge in [0.25, 0.3) is 0 Å². The number of hydrogen-bond acceptors (Lipinski definition) is 3. The highest BCUT2D eigenvalue weighted by atomic mass is 16.5. The molecule has 0 aromatic heterocycles. The summed E-state index contributed by atoms with van der Waals surface area (Å²) in [7, 11) is 0. The first-order valence-corrected chi connectivity index (χ1v) is 5.44. The second-order valence-electron chi connectivity index (χ2n) is 4.17. The van der Waals surface area contributed by atoms with Gasteiger partial charge in [-0.2, -0.15) is 0 Å². The minimum atomic E-state index is 0.404. The maximum atomic E-state index is 5.50. The molecule has 3 heteroatoms. The Morgan fingerprint density at radius 2 is 2.38 bits per heavy atom. The highest BCUT2D eigenvalue weighted by molar-refractivity contribution is 4.83. The van der Waals surface area contributed by atoms with Gasteiger partial charge in [0.05, 0.1) is 6.10 Å². The van der Waals surface area contributed by atoms with Gasteiger partial charge >= 0.3 is 0 Å². The topological polar surface area (TPSA) is 33.3 Å². The lowest BCUT2D eigenvalue weighted by Crippen LogP contribution is -2.42. The molecule has 13 heavy (non-hydrogen) atoms. The van der Waals surface area contributed by atoms with Gasteiger partial charge in [-0.1, -0.05) is 0 Å². The van der Waals surface area contributed by atoms with E-state index < -0.39 is 0 Å². The molecule has 2 aliphatic heterocycles. The summed E-state index contributed by atoms with van der Waals surface area (Å²) < 4.78 is 5.50. The zero-order chi connectivity index (χ0) is 9.10. The molecular formula is C10H20N2O. The summed E-state index contributed by atoms with van der Waals surface area (Å²) in [5, 5.41) is 7.08. The van der Waals surface area contributed by atoms with Crippen molar-refractivity contribution >= 4 is 0 Å². The molecule has 2 heterocycles. The Labute approximate surface area is 80.2 Å². The number of nitrogens with one attached hydrogen (secondary N) is 2. The van der Waals surface area contributed by atoms with E-state index in [9.17, 15) is 0 Å². The van der Waals surface area contributed by atoms with Crippen LogP contribution in [0.2, 0.25) is 0 Å². The molecule has 0 aliphatic carbocycles. The van der Waals surface area contributed by atoms with Crippen molar-refractivity contribution < 1.29 is 4.74 Å². The first-order chi connectivity index (χ1) is 6.36. The first kappa shape index (κ1) is 9.44. The highest BCUT2D eigenvalue weighted by Crippen LogP contribution is 2.13. The van der Waals surface area contributed by atoms with Gasteiger partial charge in [-0.25, -0.2) is 0 Å². The van der Waals surface area contributed by atoms with Gasteiger partial charge in [-0.3, -0.25) is 0 Å². The van der Waals surface area contributed by atoms with Crippen molar-refractivity contribution in [2.45, 2.75) is 44.4 Å². The minimum Gasteiger partial charge on any atom is -0.377 e. The summed E-state index contributed by atoms with van der Waals surface area (Å²) in [6, 6.07) is 1.29. The van der Waals surface area contributed by atoms with Gasteiger partial charge in [-0.15, -0.1) is 0 Å². The summed E-state index contributed by atoms with van der Waals surface area (Å²) in [5.74, 6) is 0. The predicted molar refractivity (Wildman–Crippen MR) is 52.8 cm³/mol. The van der Waals surface area contributed by atoms with Gasteiger partial charge in [0.2, 0.25) is 0 Å². The molecule has 2 aliphatic rings. The molecule has 0 saturated carbocycles. The predicted octanol–water partition coefficient (Wildman–Crippen LogP) is 0.505. The molecule has 2 saturated heterocycles. The Bertz CT molecular complexity index is 157. The van der Waals surface area contributed by atoms with Crippen LogP contribution in [0.15, 0.2) is 0 Å². The van der Waals surface area contributed by atoms with Crippen LogP contribution in [0.25, 0.3) is 0 Å². The van der Waals surface area contributed by atoms with Crippen molar-refractivity contribution in [2.75, 3.05) is 19.7 Å². The molecule has 2 fully saturated rings. The van der Waals surface area contributed by atoms with Crippen LogP contribution in [0.1, 0.15) is 26.2 Å². The molecule has 3 atom stereocenters. The van der Waals surface area contributed by atoms with Crippen LogP contribution in [0.5, 0.6) is 0 Å². The summed E-state index contributed by atoms with van der Waals surface area (Å²) in [6.07, 6.45) is 4.24. The standard InChI is InChI=1S/C10H20N2O/c1-8-10(4-6-13-8)12-7-9-3-2-5-11-9/h8-12H,2-7H2,1H3. The second-order valence-corrected chi connectivity index (χ2v) is 4.17. The van der Waals surface area contributed by atoms with Crippen molar-refractivity contribution in [1.82, 2.24) is 10.6 Å².